The molecule has 1 heterocycles. The number of para-hydroxylation sites is 2. The van der Waals surface area contributed by atoms with Crippen LogP contribution in [-0.4, -0.2) is 14.7 Å². The number of halogens is 3. The Labute approximate surface area is 135 Å². The molecule has 0 bridgehead atoms. The maximum Gasteiger partial charge on any atom is 0.449 e. The zero-order chi connectivity index (χ0) is 17.3. The van der Waals surface area contributed by atoms with Crippen molar-refractivity contribution in [3.05, 3.63) is 65.5 Å². The van der Waals surface area contributed by atoms with Crippen LogP contribution in [0.2, 0.25) is 0 Å². The molecule has 7 heteroatoms. The summed E-state index contributed by atoms with van der Waals surface area (Å²) in [6, 6.07) is 14.3. The summed E-state index contributed by atoms with van der Waals surface area (Å²) < 4.78 is 40.7. The fraction of sp³-hybridized carbons (Fsp3) is 0.176. The third kappa shape index (κ3) is 2.96. The molecular weight excluding hydrogens is 319 g/mol. The van der Waals surface area contributed by atoms with Crippen molar-refractivity contribution in [2.45, 2.75) is 18.8 Å². The van der Waals surface area contributed by atoms with Gasteiger partial charge in [-0.2, -0.15) is 18.4 Å². The van der Waals surface area contributed by atoms with Crippen LogP contribution in [0.1, 0.15) is 23.1 Å². The second-order valence-corrected chi connectivity index (χ2v) is 5.28. The van der Waals surface area contributed by atoms with Crippen LogP contribution in [0.25, 0.3) is 11.0 Å². The molecular formula is C17H12F3N3O. The zero-order valence-corrected chi connectivity index (χ0v) is 12.3. The highest BCUT2D eigenvalue weighted by molar-refractivity contribution is 5.76. The van der Waals surface area contributed by atoms with Crippen LogP contribution in [0.4, 0.5) is 13.2 Å². The van der Waals surface area contributed by atoms with E-state index in [9.17, 15) is 18.3 Å². The van der Waals surface area contributed by atoms with Crippen LogP contribution in [0.15, 0.2) is 48.5 Å². The Bertz CT molecular complexity index is 907. The van der Waals surface area contributed by atoms with Gasteiger partial charge in [0.2, 0.25) is 5.82 Å². The summed E-state index contributed by atoms with van der Waals surface area (Å²) in [6.07, 6.45) is -5.78. The first kappa shape index (κ1) is 16.0. The Balaban J connectivity index is 2.00. The standard InChI is InChI=1S/C17H12F3N3O/c18-17(19,20)16-22-13-3-1-2-4-14(13)23(16)10-15(24)12-7-5-11(9-21)6-8-12/h1-8,15,24H,10H2. The number of imidazole rings is 1. The van der Waals surface area contributed by atoms with Gasteiger partial charge in [-0.25, -0.2) is 4.98 Å². The number of alkyl halides is 3. The van der Waals surface area contributed by atoms with Crippen LogP contribution < -0.4 is 0 Å². The summed E-state index contributed by atoms with van der Waals surface area (Å²) in [5.74, 6) is -1.05. The highest BCUT2D eigenvalue weighted by Crippen LogP contribution is 2.32. The second-order valence-electron chi connectivity index (χ2n) is 5.28. The molecule has 0 aliphatic carbocycles. The van der Waals surface area contributed by atoms with Gasteiger partial charge in [0.25, 0.3) is 0 Å². The van der Waals surface area contributed by atoms with E-state index in [0.717, 1.165) is 4.57 Å². The SMILES string of the molecule is N#Cc1ccc(C(O)Cn2c(C(F)(F)F)nc3ccccc32)cc1. The van der Waals surface area contributed by atoms with Crippen molar-refractivity contribution in [1.29, 1.82) is 5.26 Å². The molecule has 24 heavy (non-hydrogen) atoms. The highest BCUT2D eigenvalue weighted by atomic mass is 19.4. The maximum atomic E-state index is 13.2. The second kappa shape index (κ2) is 5.98. The summed E-state index contributed by atoms with van der Waals surface area (Å²) in [5.41, 5.74) is 1.37. The molecule has 122 valence electrons. The van der Waals surface area contributed by atoms with Gasteiger partial charge >= 0.3 is 6.18 Å². The topological polar surface area (TPSA) is 61.8 Å². The van der Waals surface area contributed by atoms with Gasteiger partial charge < -0.3 is 9.67 Å². The monoisotopic (exact) mass is 331 g/mol. The number of nitrogens with zero attached hydrogens (tertiary/aromatic N) is 3. The minimum atomic E-state index is -4.62. The van der Waals surface area contributed by atoms with E-state index in [1.165, 1.54) is 36.4 Å². The Morgan fingerprint density at radius 3 is 2.42 bits per heavy atom. The van der Waals surface area contributed by atoms with Crippen molar-refractivity contribution in [1.82, 2.24) is 9.55 Å². The van der Waals surface area contributed by atoms with E-state index in [1.54, 1.807) is 12.1 Å². The lowest BCUT2D eigenvalue weighted by molar-refractivity contribution is -0.147. The predicted molar refractivity (Wildman–Crippen MR) is 80.9 cm³/mol. The van der Waals surface area contributed by atoms with Crippen LogP contribution in [-0.2, 0) is 12.7 Å². The molecule has 3 rings (SSSR count). The first-order valence-corrected chi connectivity index (χ1v) is 7.11. The van der Waals surface area contributed by atoms with E-state index in [0.29, 0.717) is 16.6 Å². The van der Waals surface area contributed by atoms with Gasteiger partial charge in [0, 0.05) is 0 Å². The molecule has 1 atom stereocenters. The van der Waals surface area contributed by atoms with Crippen LogP contribution in [0.5, 0.6) is 0 Å². The largest absolute Gasteiger partial charge is 0.449 e. The minimum Gasteiger partial charge on any atom is -0.387 e. The molecule has 0 aliphatic heterocycles. The Morgan fingerprint density at radius 1 is 1.12 bits per heavy atom. The van der Waals surface area contributed by atoms with Gasteiger partial charge in [0.1, 0.15) is 0 Å². The van der Waals surface area contributed by atoms with E-state index < -0.39 is 18.1 Å². The fourth-order valence-corrected chi connectivity index (χ4v) is 2.53. The van der Waals surface area contributed by atoms with Crippen molar-refractivity contribution in [3.8, 4) is 6.07 Å². The molecule has 0 spiro atoms. The maximum absolute atomic E-state index is 13.2. The minimum absolute atomic E-state index is 0.219. The lowest BCUT2D eigenvalue weighted by Gasteiger charge is -2.16. The molecule has 0 fully saturated rings. The van der Waals surface area contributed by atoms with Crippen LogP contribution in [0, 0.1) is 11.3 Å². The lowest BCUT2D eigenvalue weighted by atomic mass is 10.1. The third-order valence-corrected chi connectivity index (χ3v) is 3.69. The van der Waals surface area contributed by atoms with Gasteiger partial charge in [-0.15, -0.1) is 0 Å². The van der Waals surface area contributed by atoms with Crippen molar-refractivity contribution in [3.63, 3.8) is 0 Å². The Hall–Kier alpha value is -2.85. The number of hydrogen-bond donors (Lipinski definition) is 1. The summed E-state index contributed by atoms with van der Waals surface area (Å²) in [6.45, 7) is -0.290. The molecule has 0 amide bonds. The molecule has 1 N–H and O–H groups in total. The summed E-state index contributed by atoms with van der Waals surface area (Å²) in [7, 11) is 0. The van der Waals surface area contributed by atoms with Gasteiger partial charge in [0.05, 0.1) is 35.3 Å². The molecule has 1 aromatic heterocycles. The van der Waals surface area contributed by atoms with E-state index in [1.807, 2.05) is 6.07 Å². The average Bonchev–Trinajstić information content (AvgIpc) is 2.94. The van der Waals surface area contributed by atoms with Gasteiger partial charge in [0.15, 0.2) is 0 Å². The van der Waals surface area contributed by atoms with E-state index in [2.05, 4.69) is 4.98 Å². The normalized spacial score (nSPS) is 13.0. The fourth-order valence-electron chi connectivity index (χ4n) is 2.53. The number of fused-ring (bicyclic) bond motifs is 1. The lowest BCUT2D eigenvalue weighted by Crippen LogP contribution is -2.18. The molecule has 0 radical (unpaired) electrons. The zero-order valence-electron chi connectivity index (χ0n) is 12.3. The molecule has 0 saturated carbocycles. The number of rotatable bonds is 3. The van der Waals surface area contributed by atoms with Crippen molar-refractivity contribution >= 4 is 11.0 Å². The smallest absolute Gasteiger partial charge is 0.387 e. The predicted octanol–water partition coefficient (Wildman–Crippen LogP) is 3.66. The highest BCUT2D eigenvalue weighted by Gasteiger charge is 2.38. The Morgan fingerprint density at radius 2 is 1.79 bits per heavy atom. The quantitative estimate of drug-likeness (QED) is 0.797. The molecule has 4 nitrogen and oxygen atoms in total. The summed E-state index contributed by atoms with van der Waals surface area (Å²) in [4.78, 5) is 3.64. The van der Waals surface area contributed by atoms with Crippen LogP contribution in [0.3, 0.4) is 0 Å². The van der Waals surface area contributed by atoms with Gasteiger partial charge in [-0.1, -0.05) is 24.3 Å². The average molecular weight is 331 g/mol. The van der Waals surface area contributed by atoms with Crippen molar-refractivity contribution in [2.24, 2.45) is 0 Å². The molecule has 3 aromatic rings. The first-order chi connectivity index (χ1) is 11.4. The van der Waals surface area contributed by atoms with E-state index >= 15 is 0 Å². The summed E-state index contributed by atoms with van der Waals surface area (Å²) in [5, 5.41) is 19.1. The first-order valence-electron chi connectivity index (χ1n) is 7.11. The molecule has 0 saturated heterocycles. The summed E-state index contributed by atoms with van der Waals surface area (Å²) >= 11 is 0. The number of hydrogen-bond acceptors (Lipinski definition) is 3. The van der Waals surface area contributed by atoms with E-state index in [-0.39, 0.29) is 12.1 Å². The number of aliphatic hydroxyl groups excluding tert-OH is 1. The van der Waals surface area contributed by atoms with Gasteiger partial charge in [-0.05, 0) is 29.8 Å². The Kier molecular flexibility index (Phi) is 3.99. The number of nitriles is 1. The molecule has 1 unspecified atom stereocenters. The van der Waals surface area contributed by atoms with Crippen molar-refractivity contribution in [2.75, 3.05) is 0 Å². The molecule has 0 aliphatic rings. The third-order valence-electron chi connectivity index (χ3n) is 3.69. The number of benzene rings is 2. The van der Waals surface area contributed by atoms with Gasteiger partial charge in [-0.3, -0.25) is 0 Å². The number of aromatic nitrogens is 2. The van der Waals surface area contributed by atoms with Crippen LogP contribution >= 0.6 is 0 Å². The number of aliphatic hydroxyl groups is 1. The van der Waals surface area contributed by atoms with Crippen molar-refractivity contribution < 1.29 is 18.3 Å². The van der Waals surface area contributed by atoms with E-state index in [4.69, 9.17) is 5.26 Å². The molecule has 2 aromatic carbocycles.